The number of hydrogen-bond acceptors (Lipinski definition) is 6. The predicted molar refractivity (Wildman–Crippen MR) is 74.1 cm³/mol. The molecule has 0 aromatic carbocycles. The van der Waals surface area contributed by atoms with E-state index in [1.54, 1.807) is 6.07 Å². The minimum absolute atomic E-state index is 0.0199. The van der Waals surface area contributed by atoms with Crippen LogP contribution in [0.5, 0.6) is 0 Å². The zero-order valence-electron chi connectivity index (χ0n) is 10.4. The fourth-order valence-electron chi connectivity index (χ4n) is 2.00. The van der Waals surface area contributed by atoms with Crippen molar-refractivity contribution < 1.29 is 4.92 Å². The number of anilines is 2. The number of nitrogens with two attached hydrogens (primary N) is 1. The van der Waals surface area contributed by atoms with Crippen LogP contribution in [0.3, 0.4) is 0 Å². The Morgan fingerprint density at radius 1 is 1.56 bits per heavy atom. The molecule has 0 saturated carbocycles. The Labute approximate surface area is 110 Å². The fourth-order valence-corrected chi connectivity index (χ4v) is 3.11. The smallest absolute Gasteiger partial charge is 0.311 e. The lowest BCUT2D eigenvalue weighted by molar-refractivity contribution is -0.384. The van der Waals surface area contributed by atoms with Crippen molar-refractivity contribution in [3.8, 4) is 0 Å². The normalized spacial score (nSPS) is 18.7. The highest BCUT2D eigenvalue weighted by Crippen LogP contribution is 2.32. The van der Waals surface area contributed by atoms with Gasteiger partial charge in [0.25, 0.3) is 0 Å². The molecule has 0 aliphatic carbocycles. The Balaban J connectivity index is 2.24. The molecule has 98 valence electrons. The van der Waals surface area contributed by atoms with Crippen LogP contribution in [-0.4, -0.2) is 33.5 Å². The largest absolute Gasteiger partial charge is 0.378 e. The molecule has 0 bridgehead atoms. The molecule has 0 atom stereocenters. The monoisotopic (exact) mass is 268 g/mol. The Bertz CT molecular complexity index is 478. The second-order valence-corrected chi connectivity index (χ2v) is 6.66. The van der Waals surface area contributed by atoms with E-state index in [1.807, 2.05) is 11.8 Å². The summed E-state index contributed by atoms with van der Waals surface area (Å²) in [6.45, 7) is 6.11. The van der Waals surface area contributed by atoms with Crippen molar-refractivity contribution in [3.63, 3.8) is 0 Å². The number of aromatic nitrogens is 1. The standard InChI is InChI=1S/C11H16N4O2S/c1-11(2)7-14(5-6-18-11)9-4-3-8(15(16)17)10(12)13-9/h3-4H,5-7H2,1-2H3,(H2,12,13). The van der Waals surface area contributed by atoms with Gasteiger partial charge in [-0.05, 0) is 19.9 Å². The van der Waals surface area contributed by atoms with Crippen LogP contribution in [-0.2, 0) is 0 Å². The van der Waals surface area contributed by atoms with Crippen molar-refractivity contribution in [1.82, 2.24) is 4.98 Å². The molecule has 1 aromatic heterocycles. The number of rotatable bonds is 2. The maximum absolute atomic E-state index is 10.7. The number of nitrogen functional groups attached to an aromatic ring is 1. The van der Waals surface area contributed by atoms with Crippen molar-refractivity contribution in [1.29, 1.82) is 0 Å². The molecule has 2 rings (SSSR count). The molecule has 6 nitrogen and oxygen atoms in total. The molecule has 0 amide bonds. The SMILES string of the molecule is CC1(C)CN(c2ccc([N+](=O)[O-])c(N)n2)CCS1. The van der Waals surface area contributed by atoms with Gasteiger partial charge in [0.15, 0.2) is 0 Å². The van der Waals surface area contributed by atoms with Crippen LogP contribution < -0.4 is 10.6 Å². The van der Waals surface area contributed by atoms with E-state index in [0.717, 1.165) is 18.8 Å². The van der Waals surface area contributed by atoms with Crippen LogP contribution in [0.1, 0.15) is 13.8 Å². The first-order valence-electron chi connectivity index (χ1n) is 5.69. The van der Waals surface area contributed by atoms with Gasteiger partial charge in [-0.15, -0.1) is 0 Å². The summed E-state index contributed by atoms with van der Waals surface area (Å²) in [6, 6.07) is 3.09. The van der Waals surface area contributed by atoms with Gasteiger partial charge in [-0.2, -0.15) is 11.8 Å². The minimum Gasteiger partial charge on any atom is -0.378 e. The van der Waals surface area contributed by atoms with E-state index in [-0.39, 0.29) is 16.3 Å². The predicted octanol–water partition coefficient (Wildman–Crippen LogP) is 1.90. The molecule has 7 heteroatoms. The highest BCUT2D eigenvalue weighted by atomic mass is 32.2. The summed E-state index contributed by atoms with van der Waals surface area (Å²) in [5, 5.41) is 10.7. The van der Waals surface area contributed by atoms with Gasteiger partial charge in [0, 0.05) is 29.7 Å². The molecule has 1 fully saturated rings. The maximum Gasteiger partial charge on any atom is 0.311 e. The van der Waals surface area contributed by atoms with Crippen LogP contribution in [0.25, 0.3) is 0 Å². The molecule has 18 heavy (non-hydrogen) atoms. The van der Waals surface area contributed by atoms with Gasteiger partial charge >= 0.3 is 5.69 Å². The highest BCUT2D eigenvalue weighted by Gasteiger charge is 2.28. The van der Waals surface area contributed by atoms with Crippen LogP contribution in [0.15, 0.2) is 12.1 Å². The quantitative estimate of drug-likeness (QED) is 0.651. The number of pyridine rings is 1. The third kappa shape index (κ3) is 2.66. The third-order valence-corrected chi connectivity index (χ3v) is 4.13. The second-order valence-electron chi connectivity index (χ2n) is 4.86. The molecule has 1 aliphatic rings. The van der Waals surface area contributed by atoms with Crippen LogP contribution in [0.4, 0.5) is 17.3 Å². The molecule has 2 heterocycles. The molecule has 2 N–H and O–H groups in total. The molecule has 0 radical (unpaired) electrons. The van der Waals surface area contributed by atoms with E-state index in [4.69, 9.17) is 5.73 Å². The Morgan fingerprint density at radius 2 is 2.28 bits per heavy atom. The van der Waals surface area contributed by atoms with E-state index in [9.17, 15) is 10.1 Å². The van der Waals surface area contributed by atoms with Gasteiger partial charge in [-0.1, -0.05) is 0 Å². The summed E-state index contributed by atoms with van der Waals surface area (Å²) in [5.41, 5.74) is 5.48. The topological polar surface area (TPSA) is 85.3 Å². The van der Waals surface area contributed by atoms with E-state index in [1.165, 1.54) is 6.07 Å². The van der Waals surface area contributed by atoms with Crippen molar-refractivity contribution in [3.05, 3.63) is 22.2 Å². The first-order chi connectivity index (χ1) is 8.39. The van der Waals surface area contributed by atoms with E-state index in [0.29, 0.717) is 5.82 Å². The lowest BCUT2D eigenvalue weighted by Crippen LogP contribution is -2.43. The van der Waals surface area contributed by atoms with Crippen LogP contribution >= 0.6 is 11.8 Å². The van der Waals surface area contributed by atoms with Crippen molar-refractivity contribution in [2.45, 2.75) is 18.6 Å². The first kappa shape index (κ1) is 12.9. The molecule has 0 spiro atoms. The first-order valence-corrected chi connectivity index (χ1v) is 6.67. The van der Waals surface area contributed by atoms with Gasteiger partial charge in [0.05, 0.1) is 4.92 Å². The fraction of sp³-hybridized carbons (Fsp3) is 0.545. The summed E-state index contributed by atoms with van der Waals surface area (Å²) in [4.78, 5) is 16.4. The number of hydrogen-bond donors (Lipinski definition) is 1. The maximum atomic E-state index is 10.7. The van der Waals surface area contributed by atoms with E-state index < -0.39 is 4.92 Å². The summed E-state index contributed by atoms with van der Waals surface area (Å²) in [6.07, 6.45) is 0. The van der Waals surface area contributed by atoms with E-state index in [2.05, 4.69) is 23.7 Å². The van der Waals surface area contributed by atoms with Gasteiger partial charge in [-0.25, -0.2) is 4.98 Å². The Morgan fingerprint density at radius 3 is 2.83 bits per heavy atom. The summed E-state index contributed by atoms with van der Waals surface area (Å²) < 4.78 is 0.163. The zero-order chi connectivity index (χ0) is 13.3. The van der Waals surface area contributed by atoms with Crippen molar-refractivity contribution in [2.24, 2.45) is 0 Å². The summed E-state index contributed by atoms with van der Waals surface area (Å²) in [5.74, 6) is 1.71. The Hall–Kier alpha value is -1.50. The molecule has 0 unspecified atom stereocenters. The lowest BCUT2D eigenvalue weighted by Gasteiger charge is -2.38. The minimum atomic E-state index is -0.512. The second kappa shape index (κ2) is 4.64. The molecular weight excluding hydrogens is 252 g/mol. The molecular formula is C11H16N4O2S. The van der Waals surface area contributed by atoms with Crippen molar-refractivity contribution >= 4 is 29.1 Å². The van der Waals surface area contributed by atoms with Crippen LogP contribution in [0, 0.1) is 10.1 Å². The average molecular weight is 268 g/mol. The van der Waals surface area contributed by atoms with Gasteiger partial charge in [0.1, 0.15) is 5.82 Å². The lowest BCUT2D eigenvalue weighted by atomic mass is 10.2. The third-order valence-electron chi connectivity index (χ3n) is 2.83. The van der Waals surface area contributed by atoms with E-state index >= 15 is 0 Å². The zero-order valence-corrected chi connectivity index (χ0v) is 11.2. The van der Waals surface area contributed by atoms with Gasteiger partial charge in [0.2, 0.25) is 5.82 Å². The van der Waals surface area contributed by atoms with Gasteiger partial charge < -0.3 is 10.6 Å². The van der Waals surface area contributed by atoms with Gasteiger partial charge in [-0.3, -0.25) is 10.1 Å². The summed E-state index contributed by atoms with van der Waals surface area (Å²) >= 11 is 1.92. The van der Waals surface area contributed by atoms with Crippen molar-refractivity contribution in [2.75, 3.05) is 29.5 Å². The molecule has 1 aromatic rings. The number of nitro groups is 1. The highest BCUT2D eigenvalue weighted by molar-refractivity contribution is 8.00. The van der Waals surface area contributed by atoms with Crippen LogP contribution in [0.2, 0.25) is 0 Å². The molecule has 1 saturated heterocycles. The average Bonchev–Trinajstić information content (AvgIpc) is 2.27. The number of nitrogens with zero attached hydrogens (tertiary/aromatic N) is 3. The molecule has 1 aliphatic heterocycles. The Kier molecular flexibility index (Phi) is 3.34. The summed E-state index contributed by atoms with van der Waals surface area (Å²) in [7, 11) is 0. The number of thioether (sulfide) groups is 1.